The molecule has 0 radical (unpaired) electrons. The van der Waals surface area contributed by atoms with E-state index in [0.29, 0.717) is 6.61 Å². The normalized spacial score (nSPS) is 10.5. The lowest BCUT2D eigenvalue weighted by Crippen LogP contribution is -1.98. The second-order valence-electron chi connectivity index (χ2n) is 2.87. The summed E-state index contributed by atoms with van der Waals surface area (Å²) in [7, 11) is 0. The van der Waals surface area contributed by atoms with Crippen LogP contribution in [0.15, 0.2) is 24.8 Å². The van der Waals surface area contributed by atoms with Gasteiger partial charge in [-0.15, -0.1) is 0 Å². The minimum Gasteiger partial charge on any atom is -0.494 e. The summed E-state index contributed by atoms with van der Waals surface area (Å²) in [4.78, 5) is 0. The van der Waals surface area contributed by atoms with Crippen molar-refractivity contribution in [2.45, 2.75) is 13.3 Å². The molecule has 0 amide bonds. The molecule has 0 spiro atoms. The Morgan fingerprint density at radius 2 is 2.13 bits per heavy atom. The Bertz CT molecular complexity index is 361. The van der Waals surface area contributed by atoms with Crippen LogP contribution < -0.4 is 0 Å². The molecule has 0 N–H and O–H groups in total. The first kappa shape index (κ1) is 11.6. The van der Waals surface area contributed by atoms with Gasteiger partial charge in [-0.3, -0.25) is 0 Å². The van der Waals surface area contributed by atoms with E-state index >= 15 is 0 Å². The van der Waals surface area contributed by atoms with Crippen molar-refractivity contribution in [3.63, 3.8) is 0 Å². The first-order valence-electron chi connectivity index (χ1n) is 4.46. The van der Waals surface area contributed by atoms with Gasteiger partial charge in [0.1, 0.15) is 11.6 Å². The summed E-state index contributed by atoms with van der Waals surface area (Å²) in [5.41, 5.74) is -0.650. The summed E-state index contributed by atoms with van der Waals surface area (Å²) < 4.78 is 43.1. The number of alkyl halides is 2. The Labute approximate surface area is 86.2 Å². The zero-order valence-electron chi connectivity index (χ0n) is 8.27. The molecule has 0 aromatic heterocycles. The fraction of sp³-hybridized carbons (Fsp3) is 0.273. The molecule has 0 bridgehead atoms. The fourth-order valence-electron chi connectivity index (χ4n) is 1.19. The van der Waals surface area contributed by atoms with Crippen molar-refractivity contribution >= 4 is 5.76 Å². The maximum atomic E-state index is 13.5. The molecule has 4 heteroatoms. The third kappa shape index (κ3) is 2.52. The number of hydrogen-bond donors (Lipinski definition) is 0. The molecule has 0 aliphatic heterocycles. The number of benzene rings is 1. The van der Waals surface area contributed by atoms with Gasteiger partial charge in [0.25, 0.3) is 6.43 Å². The van der Waals surface area contributed by atoms with Gasteiger partial charge in [-0.05, 0) is 13.0 Å². The molecule has 0 heterocycles. The molecular weight excluding hydrogens is 205 g/mol. The van der Waals surface area contributed by atoms with Crippen LogP contribution in [-0.4, -0.2) is 6.61 Å². The van der Waals surface area contributed by atoms with Crippen LogP contribution >= 0.6 is 0 Å². The van der Waals surface area contributed by atoms with Crippen molar-refractivity contribution in [3.05, 3.63) is 41.7 Å². The monoisotopic (exact) mass is 216 g/mol. The fourth-order valence-corrected chi connectivity index (χ4v) is 1.19. The van der Waals surface area contributed by atoms with E-state index in [2.05, 4.69) is 6.58 Å². The largest absolute Gasteiger partial charge is 0.494 e. The molecule has 0 atom stereocenters. The first-order valence-corrected chi connectivity index (χ1v) is 4.46. The average Bonchev–Trinajstić information content (AvgIpc) is 2.17. The lowest BCUT2D eigenvalue weighted by molar-refractivity contribution is 0.146. The van der Waals surface area contributed by atoms with Gasteiger partial charge in [0.05, 0.1) is 17.7 Å². The van der Waals surface area contributed by atoms with E-state index in [1.54, 1.807) is 6.92 Å². The smallest absolute Gasteiger partial charge is 0.266 e. The van der Waals surface area contributed by atoms with Gasteiger partial charge >= 0.3 is 0 Å². The summed E-state index contributed by atoms with van der Waals surface area (Å²) in [6, 6.07) is 3.76. The molecule has 82 valence electrons. The Kier molecular flexibility index (Phi) is 3.77. The predicted octanol–water partition coefficient (Wildman–Crippen LogP) is 3.77. The molecule has 0 aliphatic rings. The van der Waals surface area contributed by atoms with Crippen LogP contribution in [0.1, 0.15) is 24.5 Å². The summed E-state index contributed by atoms with van der Waals surface area (Å²) in [6.07, 6.45) is -2.83. The molecule has 1 aromatic rings. The van der Waals surface area contributed by atoms with Crippen molar-refractivity contribution in [2.24, 2.45) is 0 Å². The highest BCUT2D eigenvalue weighted by Crippen LogP contribution is 2.27. The van der Waals surface area contributed by atoms with Crippen LogP contribution in [0, 0.1) is 5.82 Å². The predicted molar refractivity (Wildman–Crippen MR) is 52.0 cm³/mol. The van der Waals surface area contributed by atoms with Crippen molar-refractivity contribution in [2.75, 3.05) is 6.61 Å². The molecular formula is C11H11F3O. The topological polar surface area (TPSA) is 9.23 Å². The first-order chi connectivity index (χ1) is 7.07. The third-order valence-electron chi connectivity index (χ3n) is 1.88. The standard InChI is InChI=1S/C11H11F3O/c1-3-15-7(2)8-5-4-6-9(10(8)12)11(13)14/h4-6,11H,2-3H2,1H3. The van der Waals surface area contributed by atoms with E-state index in [9.17, 15) is 13.2 Å². The van der Waals surface area contributed by atoms with Gasteiger partial charge < -0.3 is 4.74 Å². The lowest BCUT2D eigenvalue weighted by Gasteiger charge is -2.10. The molecule has 0 aliphatic carbocycles. The van der Waals surface area contributed by atoms with Crippen LogP contribution in [0.3, 0.4) is 0 Å². The second-order valence-corrected chi connectivity index (χ2v) is 2.87. The van der Waals surface area contributed by atoms with Gasteiger partial charge in [-0.25, -0.2) is 13.2 Å². The molecule has 0 saturated heterocycles. The van der Waals surface area contributed by atoms with Gasteiger partial charge in [-0.1, -0.05) is 18.7 Å². The maximum absolute atomic E-state index is 13.5. The minimum absolute atomic E-state index is 0.0188. The Morgan fingerprint density at radius 1 is 1.47 bits per heavy atom. The number of ether oxygens (including phenoxy) is 1. The molecule has 1 nitrogen and oxygen atoms in total. The van der Waals surface area contributed by atoms with Crippen molar-refractivity contribution in [3.8, 4) is 0 Å². The van der Waals surface area contributed by atoms with Crippen molar-refractivity contribution < 1.29 is 17.9 Å². The highest BCUT2D eigenvalue weighted by atomic mass is 19.3. The van der Waals surface area contributed by atoms with Crippen molar-refractivity contribution in [1.82, 2.24) is 0 Å². The Morgan fingerprint density at radius 3 is 2.67 bits per heavy atom. The van der Waals surface area contributed by atoms with Crippen LogP contribution in [0.25, 0.3) is 5.76 Å². The maximum Gasteiger partial charge on any atom is 0.266 e. The number of rotatable bonds is 4. The zero-order valence-corrected chi connectivity index (χ0v) is 8.27. The highest BCUT2D eigenvalue weighted by molar-refractivity contribution is 5.59. The lowest BCUT2D eigenvalue weighted by atomic mass is 10.1. The van der Waals surface area contributed by atoms with Gasteiger partial charge in [0.15, 0.2) is 0 Å². The average molecular weight is 216 g/mol. The van der Waals surface area contributed by atoms with Crippen LogP contribution in [0.2, 0.25) is 0 Å². The zero-order chi connectivity index (χ0) is 11.4. The van der Waals surface area contributed by atoms with Crippen molar-refractivity contribution in [1.29, 1.82) is 0 Å². The Hall–Kier alpha value is -1.45. The molecule has 1 rings (SSSR count). The van der Waals surface area contributed by atoms with Crippen LogP contribution in [-0.2, 0) is 4.74 Å². The minimum atomic E-state index is -2.83. The van der Waals surface area contributed by atoms with Crippen LogP contribution in [0.4, 0.5) is 13.2 Å². The van der Waals surface area contributed by atoms with Gasteiger partial charge in [0.2, 0.25) is 0 Å². The number of halogens is 3. The molecule has 1 aromatic carbocycles. The van der Waals surface area contributed by atoms with E-state index in [0.717, 1.165) is 6.07 Å². The van der Waals surface area contributed by atoms with Crippen LogP contribution in [0.5, 0.6) is 0 Å². The molecule has 0 unspecified atom stereocenters. The molecule has 15 heavy (non-hydrogen) atoms. The highest BCUT2D eigenvalue weighted by Gasteiger charge is 2.17. The molecule has 0 fully saturated rings. The van der Waals surface area contributed by atoms with Gasteiger partial charge in [0, 0.05) is 0 Å². The van der Waals surface area contributed by atoms with Gasteiger partial charge in [-0.2, -0.15) is 0 Å². The Balaban J connectivity index is 3.09. The summed E-state index contributed by atoms with van der Waals surface area (Å²) in [6.45, 7) is 5.49. The van der Waals surface area contributed by atoms with E-state index < -0.39 is 17.8 Å². The summed E-state index contributed by atoms with van der Waals surface area (Å²) in [5, 5.41) is 0. The quantitative estimate of drug-likeness (QED) is 0.696. The SMILES string of the molecule is C=C(OCC)c1cccc(C(F)F)c1F. The third-order valence-corrected chi connectivity index (χ3v) is 1.88. The van der Waals surface area contributed by atoms with E-state index in [1.165, 1.54) is 12.1 Å². The number of hydrogen-bond acceptors (Lipinski definition) is 1. The molecule has 0 saturated carbocycles. The van der Waals surface area contributed by atoms with E-state index in [-0.39, 0.29) is 11.3 Å². The second kappa shape index (κ2) is 4.87. The van der Waals surface area contributed by atoms with E-state index in [4.69, 9.17) is 4.74 Å². The summed E-state index contributed by atoms with van der Waals surface area (Å²) >= 11 is 0. The summed E-state index contributed by atoms with van der Waals surface area (Å²) in [5.74, 6) is -0.900. The van der Waals surface area contributed by atoms with E-state index in [1.807, 2.05) is 0 Å².